The molecule has 2 N–H and O–H groups in total. The molecule has 1 saturated heterocycles. The van der Waals surface area contributed by atoms with E-state index in [-0.39, 0.29) is 5.91 Å². The molecule has 1 atom stereocenters. The molecule has 0 aromatic carbocycles. The van der Waals surface area contributed by atoms with Crippen molar-refractivity contribution in [2.45, 2.75) is 6.42 Å². The molecule has 1 aromatic rings. The summed E-state index contributed by atoms with van der Waals surface area (Å²) in [5.41, 5.74) is 7.11. The number of nitrogens with two attached hydrogens (primary N) is 1. The van der Waals surface area contributed by atoms with Gasteiger partial charge < -0.3 is 10.6 Å². The van der Waals surface area contributed by atoms with Crippen LogP contribution in [0.3, 0.4) is 0 Å². The third-order valence-electron chi connectivity index (χ3n) is 2.54. The van der Waals surface area contributed by atoms with Crippen molar-refractivity contribution in [3.05, 3.63) is 18.5 Å². The number of hydrogen-bond acceptors (Lipinski definition) is 3. The number of alkyl halides is 1. The fraction of sp³-hybridized carbons (Fsp3) is 0.400. The molecule has 15 heavy (non-hydrogen) atoms. The number of rotatable bonds is 2. The monoisotopic (exact) mass is 269 g/mol. The number of amides is 1. The quantitative estimate of drug-likeness (QED) is 0.826. The van der Waals surface area contributed by atoms with Gasteiger partial charge in [-0.2, -0.15) is 0 Å². The first-order chi connectivity index (χ1) is 7.22. The lowest BCUT2D eigenvalue weighted by Gasteiger charge is -2.17. The van der Waals surface area contributed by atoms with Crippen LogP contribution in [0.4, 0.5) is 11.4 Å². The number of halogens is 1. The highest BCUT2D eigenvalue weighted by Gasteiger charge is 2.30. The molecular formula is C10H12BrN3O. The molecule has 4 nitrogen and oxygen atoms in total. The molecule has 5 heteroatoms. The second kappa shape index (κ2) is 4.18. The van der Waals surface area contributed by atoms with E-state index in [4.69, 9.17) is 5.73 Å². The minimum atomic E-state index is 0.136. The van der Waals surface area contributed by atoms with E-state index in [1.807, 2.05) is 0 Å². The van der Waals surface area contributed by atoms with E-state index in [2.05, 4.69) is 20.9 Å². The first kappa shape index (κ1) is 10.4. The van der Waals surface area contributed by atoms with Crippen LogP contribution in [0, 0.1) is 5.92 Å². The van der Waals surface area contributed by atoms with Crippen LogP contribution >= 0.6 is 15.9 Å². The second-order valence-electron chi connectivity index (χ2n) is 3.66. The third-order valence-corrected chi connectivity index (χ3v) is 3.46. The normalized spacial score (nSPS) is 21.0. The summed E-state index contributed by atoms with van der Waals surface area (Å²) in [6, 6.07) is 1.78. The van der Waals surface area contributed by atoms with Gasteiger partial charge in [0.05, 0.1) is 17.6 Å². The van der Waals surface area contributed by atoms with Gasteiger partial charge >= 0.3 is 0 Å². The number of aromatic nitrogens is 1. The number of hydrogen-bond donors (Lipinski definition) is 1. The molecule has 1 aliphatic rings. The van der Waals surface area contributed by atoms with E-state index in [0.29, 0.717) is 18.0 Å². The Balaban J connectivity index is 2.25. The number of carbonyl (C=O) groups is 1. The average Bonchev–Trinajstić information content (AvgIpc) is 2.60. The van der Waals surface area contributed by atoms with Crippen LogP contribution in [0.25, 0.3) is 0 Å². The van der Waals surface area contributed by atoms with Gasteiger partial charge in [-0.25, -0.2) is 0 Å². The fourth-order valence-electron chi connectivity index (χ4n) is 1.76. The Morgan fingerprint density at radius 1 is 1.67 bits per heavy atom. The van der Waals surface area contributed by atoms with Gasteiger partial charge in [0.25, 0.3) is 0 Å². The van der Waals surface area contributed by atoms with Crippen LogP contribution < -0.4 is 10.6 Å². The number of nitrogens with zero attached hydrogens (tertiary/aromatic N) is 2. The second-order valence-corrected chi connectivity index (χ2v) is 4.31. The van der Waals surface area contributed by atoms with Crippen molar-refractivity contribution in [1.82, 2.24) is 4.98 Å². The van der Waals surface area contributed by atoms with Crippen molar-refractivity contribution in [2.24, 2.45) is 5.92 Å². The van der Waals surface area contributed by atoms with Crippen LogP contribution in [-0.2, 0) is 4.79 Å². The molecule has 1 fully saturated rings. The first-order valence-corrected chi connectivity index (χ1v) is 5.90. The van der Waals surface area contributed by atoms with Gasteiger partial charge in [0.2, 0.25) is 5.91 Å². The maximum atomic E-state index is 11.7. The Hall–Kier alpha value is -1.10. The Bertz CT molecular complexity index is 383. The minimum Gasteiger partial charge on any atom is -0.396 e. The smallest absolute Gasteiger partial charge is 0.227 e. The molecule has 2 heterocycles. The topological polar surface area (TPSA) is 59.2 Å². The highest BCUT2D eigenvalue weighted by atomic mass is 79.9. The number of pyridine rings is 1. The minimum absolute atomic E-state index is 0.136. The molecule has 0 aliphatic carbocycles. The van der Waals surface area contributed by atoms with Crippen LogP contribution in [0.5, 0.6) is 0 Å². The van der Waals surface area contributed by atoms with Crippen molar-refractivity contribution in [1.29, 1.82) is 0 Å². The summed E-state index contributed by atoms with van der Waals surface area (Å²) in [7, 11) is 0. The van der Waals surface area contributed by atoms with Crippen LogP contribution in [-0.4, -0.2) is 22.8 Å². The standard InChI is InChI=1S/C10H12BrN3O/c11-4-7-3-10(15)14(6-7)9-1-2-13-5-8(9)12/h1-2,5,7H,3-4,6,12H2. The van der Waals surface area contributed by atoms with Crippen LogP contribution in [0.2, 0.25) is 0 Å². The predicted octanol–water partition coefficient (Wildman–Crippen LogP) is 1.41. The largest absolute Gasteiger partial charge is 0.396 e. The summed E-state index contributed by atoms with van der Waals surface area (Å²) in [6.45, 7) is 0.734. The predicted molar refractivity (Wildman–Crippen MR) is 62.9 cm³/mol. The lowest BCUT2D eigenvalue weighted by Crippen LogP contribution is -2.25. The molecule has 0 spiro atoms. The summed E-state index contributed by atoms with van der Waals surface area (Å²) in [4.78, 5) is 17.4. The maximum absolute atomic E-state index is 11.7. The average molecular weight is 270 g/mol. The number of anilines is 2. The molecule has 1 unspecified atom stereocenters. The van der Waals surface area contributed by atoms with E-state index in [1.165, 1.54) is 0 Å². The van der Waals surface area contributed by atoms with Gasteiger partial charge in [0.1, 0.15) is 0 Å². The van der Waals surface area contributed by atoms with Crippen molar-refractivity contribution >= 4 is 33.2 Å². The van der Waals surface area contributed by atoms with Gasteiger partial charge in [-0.05, 0) is 12.0 Å². The first-order valence-electron chi connectivity index (χ1n) is 4.78. The zero-order valence-electron chi connectivity index (χ0n) is 8.19. The number of nitrogen functional groups attached to an aromatic ring is 1. The van der Waals surface area contributed by atoms with Gasteiger partial charge in [-0.1, -0.05) is 15.9 Å². The lowest BCUT2D eigenvalue weighted by atomic mass is 10.2. The molecule has 80 valence electrons. The Morgan fingerprint density at radius 2 is 2.47 bits per heavy atom. The third kappa shape index (κ3) is 1.97. The van der Waals surface area contributed by atoms with Crippen molar-refractivity contribution in [3.63, 3.8) is 0 Å². The lowest BCUT2D eigenvalue weighted by molar-refractivity contribution is -0.117. The molecule has 0 bridgehead atoms. The Kier molecular flexibility index (Phi) is 2.90. The molecular weight excluding hydrogens is 258 g/mol. The van der Waals surface area contributed by atoms with Gasteiger partial charge in [0, 0.05) is 24.5 Å². The molecule has 0 radical (unpaired) electrons. The molecule has 1 amide bonds. The van der Waals surface area contributed by atoms with E-state index >= 15 is 0 Å². The Labute approximate surface area is 96.6 Å². The van der Waals surface area contributed by atoms with Crippen LogP contribution in [0.15, 0.2) is 18.5 Å². The highest BCUT2D eigenvalue weighted by Crippen LogP contribution is 2.29. The van der Waals surface area contributed by atoms with Gasteiger partial charge in [-0.15, -0.1) is 0 Å². The number of carbonyl (C=O) groups excluding carboxylic acids is 1. The zero-order chi connectivity index (χ0) is 10.8. The summed E-state index contributed by atoms with van der Waals surface area (Å²) in [6.07, 6.45) is 3.82. The summed E-state index contributed by atoms with van der Waals surface area (Å²) in [5, 5.41) is 0.847. The van der Waals surface area contributed by atoms with Crippen LogP contribution in [0.1, 0.15) is 6.42 Å². The molecule has 0 saturated carbocycles. The van der Waals surface area contributed by atoms with Gasteiger partial charge in [-0.3, -0.25) is 9.78 Å². The zero-order valence-corrected chi connectivity index (χ0v) is 9.77. The van der Waals surface area contributed by atoms with E-state index in [9.17, 15) is 4.79 Å². The van der Waals surface area contributed by atoms with Crippen molar-refractivity contribution in [2.75, 3.05) is 22.5 Å². The van der Waals surface area contributed by atoms with E-state index < -0.39 is 0 Å². The summed E-state index contributed by atoms with van der Waals surface area (Å²) in [5.74, 6) is 0.516. The SMILES string of the molecule is Nc1cnccc1N1CC(CBr)CC1=O. The summed E-state index contributed by atoms with van der Waals surface area (Å²) >= 11 is 3.40. The molecule has 1 aromatic heterocycles. The maximum Gasteiger partial charge on any atom is 0.227 e. The van der Waals surface area contributed by atoms with Crippen molar-refractivity contribution in [3.8, 4) is 0 Å². The highest BCUT2D eigenvalue weighted by molar-refractivity contribution is 9.09. The molecule has 2 rings (SSSR count). The summed E-state index contributed by atoms with van der Waals surface area (Å²) < 4.78 is 0. The molecule has 1 aliphatic heterocycles. The van der Waals surface area contributed by atoms with E-state index in [0.717, 1.165) is 17.6 Å². The fourth-order valence-corrected chi connectivity index (χ4v) is 2.20. The van der Waals surface area contributed by atoms with Crippen molar-refractivity contribution < 1.29 is 4.79 Å². The van der Waals surface area contributed by atoms with E-state index in [1.54, 1.807) is 23.4 Å². The van der Waals surface area contributed by atoms with Gasteiger partial charge in [0.15, 0.2) is 0 Å². The Morgan fingerprint density at radius 3 is 3.07 bits per heavy atom.